The molecule has 2 aromatic rings. The predicted molar refractivity (Wildman–Crippen MR) is 94.4 cm³/mol. The van der Waals surface area contributed by atoms with Gasteiger partial charge in [-0.05, 0) is 37.3 Å². The van der Waals surface area contributed by atoms with Gasteiger partial charge < -0.3 is 14.2 Å². The molecule has 1 aliphatic rings. The Morgan fingerprint density at radius 3 is 2.81 bits per heavy atom. The number of hydrogen-bond donors (Lipinski definition) is 1. The molecule has 0 radical (unpaired) electrons. The summed E-state index contributed by atoms with van der Waals surface area (Å²) in [7, 11) is 0. The summed E-state index contributed by atoms with van der Waals surface area (Å²) in [4.78, 5) is 11.9. The van der Waals surface area contributed by atoms with Crippen molar-refractivity contribution in [1.29, 1.82) is 5.26 Å². The van der Waals surface area contributed by atoms with Gasteiger partial charge in [0.1, 0.15) is 25.0 Å². The normalized spacial score (nSPS) is 12.8. The molecule has 0 unspecified atom stereocenters. The number of fused-ring (bicyclic) bond motifs is 1. The summed E-state index contributed by atoms with van der Waals surface area (Å²) in [5, 5.41) is 13.1. The molecule has 3 rings (SSSR count). The van der Waals surface area contributed by atoms with E-state index in [1.54, 1.807) is 31.2 Å². The Hall–Kier alpha value is -3.53. The van der Waals surface area contributed by atoms with Crippen LogP contribution in [0.5, 0.6) is 17.2 Å². The number of nitriles is 1. The lowest BCUT2D eigenvalue weighted by atomic mass is 10.1. The fourth-order valence-electron chi connectivity index (χ4n) is 2.34. The van der Waals surface area contributed by atoms with Crippen molar-refractivity contribution in [2.45, 2.75) is 6.92 Å². The molecule has 0 atom stereocenters. The molecule has 0 saturated carbocycles. The molecule has 0 spiro atoms. The lowest BCUT2D eigenvalue weighted by molar-refractivity contribution is -0.123. The minimum atomic E-state index is -0.422. The monoisotopic (exact) mass is 351 g/mol. The highest BCUT2D eigenvalue weighted by Crippen LogP contribution is 2.30. The van der Waals surface area contributed by atoms with E-state index >= 15 is 0 Å². The third kappa shape index (κ3) is 4.11. The van der Waals surface area contributed by atoms with Crippen LogP contribution in [0.1, 0.15) is 18.1 Å². The topological polar surface area (TPSA) is 92.9 Å². The van der Waals surface area contributed by atoms with Crippen molar-refractivity contribution in [3.63, 3.8) is 0 Å². The second kappa shape index (κ2) is 8.03. The molecule has 1 amide bonds. The summed E-state index contributed by atoms with van der Waals surface area (Å²) < 4.78 is 16.4. The highest BCUT2D eigenvalue weighted by molar-refractivity contribution is 5.99. The lowest BCUT2D eigenvalue weighted by Gasteiger charge is -2.18. The van der Waals surface area contributed by atoms with Crippen LogP contribution in [0.15, 0.2) is 47.6 Å². The Balaban J connectivity index is 1.58. The minimum Gasteiger partial charge on any atom is -0.486 e. The van der Waals surface area contributed by atoms with Crippen LogP contribution in [0.2, 0.25) is 0 Å². The third-order valence-electron chi connectivity index (χ3n) is 3.67. The van der Waals surface area contributed by atoms with Gasteiger partial charge in [0.15, 0.2) is 18.1 Å². The van der Waals surface area contributed by atoms with Gasteiger partial charge in [0.2, 0.25) is 0 Å². The third-order valence-corrected chi connectivity index (χ3v) is 3.67. The summed E-state index contributed by atoms with van der Waals surface area (Å²) in [6, 6.07) is 14.2. The number of rotatable bonds is 5. The van der Waals surface area contributed by atoms with Crippen molar-refractivity contribution in [3.8, 4) is 23.3 Å². The maximum absolute atomic E-state index is 11.9. The molecule has 0 aromatic heterocycles. The number of hydrazone groups is 1. The number of hydrogen-bond acceptors (Lipinski definition) is 6. The van der Waals surface area contributed by atoms with Crippen LogP contribution in [-0.4, -0.2) is 31.4 Å². The van der Waals surface area contributed by atoms with Crippen molar-refractivity contribution >= 4 is 11.6 Å². The molecule has 1 aliphatic heterocycles. The van der Waals surface area contributed by atoms with Crippen LogP contribution in [0.3, 0.4) is 0 Å². The van der Waals surface area contributed by atoms with Gasteiger partial charge in [0, 0.05) is 5.56 Å². The van der Waals surface area contributed by atoms with E-state index in [9.17, 15) is 4.79 Å². The van der Waals surface area contributed by atoms with Gasteiger partial charge in [-0.25, -0.2) is 5.43 Å². The largest absolute Gasteiger partial charge is 0.486 e. The molecular weight excluding hydrogens is 334 g/mol. The summed E-state index contributed by atoms with van der Waals surface area (Å²) in [6.45, 7) is 2.57. The average Bonchev–Trinajstić information content (AvgIpc) is 2.70. The van der Waals surface area contributed by atoms with Gasteiger partial charge in [-0.1, -0.05) is 12.1 Å². The highest BCUT2D eigenvalue weighted by Gasteiger charge is 2.13. The standard InChI is InChI=1S/C19H17N3O4/c1-13(14-6-7-17-18(10-14)25-9-8-24-17)21-22-19(23)12-26-16-5-3-2-4-15(16)11-20/h2-7,10H,8-9,12H2,1H3,(H,22,23)/b21-13-. The fourth-order valence-corrected chi connectivity index (χ4v) is 2.34. The zero-order valence-electron chi connectivity index (χ0n) is 14.2. The molecule has 1 heterocycles. The molecule has 26 heavy (non-hydrogen) atoms. The molecule has 7 heteroatoms. The molecule has 0 fully saturated rings. The van der Waals surface area contributed by atoms with Gasteiger partial charge in [-0.3, -0.25) is 4.79 Å². The SMILES string of the molecule is C/C(=N/NC(=O)COc1ccccc1C#N)c1ccc2c(c1)OCCO2. The van der Waals surface area contributed by atoms with E-state index < -0.39 is 5.91 Å². The first-order valence-electron chi connectivity index (χ1n) is 8.02. The van der Waals surface area contributed by atoms with Gasteiger partial charge >= 0.3 is 0 Å². The quantitative estimate of drug-likeness (QED) is 0.659. The lowest BCUT2D eigenvalue weighted by Crippen LogP contribution is -2.25. The smallest absolute Gasteiger partial charge is 0.277 e. The van der Waals surface area contributed by atoms with Gasteiger partial charge in [-0.2, -0.15) is 10.4 Å². The van der Waals surface area contributed by atoms with E-state index in [0.29, 0.717) is 41.7 Å². The van der Waals surface area contributed by atoms with Crippen molar-refractivity contribution < 1.29 is 19.0 Å². The maximum Gasteiger partial charge on any atom is 0.277 e. The molecular formula is C19H17N3O4. The van der Waals surface area contributed by atoms with E-state index in [0.717, 1.165) is 5.56 Å². The van der Waals surface area contributed by atoms with E-state index in [-0.39, 0.29) is 6.61 Å². The number of nitrogens with one attached hydrogen (secondary N) is 1. The number of carbonyl (C=O) groups is 1. The van der Waals surface area contributed by atoms with Crippen molar-refractivity contribution in [2.75, 3.05) is 19.8 Å². The summed E-state index contributed by atoms with van der Waals surface area (Å²) in [6.07, 6.45) is 0. The first kappa shape index (κ1) is 17.3. The van der Waals surface area contributed by atoms with Gasteiger partial charge in [-0.15, -0.1) is 0 Å². The van der Waals surface area contributed by atoms with Crippen LogP contribution in [0, 0.1) is 11.3 Å². The number of amides is 1. The zero-order chi connectivity index (χ0) is 18.4. The number of benzene rings is 2. The zero-order valence-corrected chi connectivity index (χ0v) is 14.2. The minimum absolute atomic E-state index is 0.239. The number of nitrogens with zero attached hydrogens (tertiary/aromatic N) is 2. The van der Waals surface area contributed by atoms with Crippen molar-refractivity contribution in [3.05, 3.63) is 53.6 Å². The summed E-state index contributed by atoms with van der Waals surface area (Å²) in [5.41, 5.74) is 4.24. The number of para-hydroxylation sites is 1. The van der Waals surface area contributed by atoms with E-state index in [4.69, 9.17) is 19.5 Å². The second-order valence-corrected chi connectivity index (χ2v) is 5.49. The maximum atomic E-state index is 11.9. The second-order valence-electron chi connectivity index (χ2n) is 5.49. The van der Waals surface area contributed by atoms with Gasteiger partial charge in [0.25, 0.3) is 5.91 Å². The van der Waals surface area contributed by atoms with E-state index in [1.807, 2.05) is 24.3 Å². The molecule has 0 aliphatic carbocycles. The fraction of sp³-hybridized carbons (Fsp3) is 0.211. The molecule has 0 bridgehead atoms. The molecule has 0 saturated heterocycles. The van der Waals surface area contributed by atoms with Gasteiger partial charge in [0.05, 0.1) is 11.3 Å². The summed E-state index contributed by atoms with van der Waals surface area (Å²) in [5.74, 6) is 1.29. The predicted octanol–water partition coefficient (Wildman–Crippen LogP) is 2.25. The first-order chi connectivity index (χ1) is 12.7. The Morgan fingerprint density at radius 2 is 2.00 bits per heavy atom. The summed E-state index contributed by atoms with van der Waals surface area (Å²) >= 11 is 0. The van der Waals surface area contributed by atoms with E-state index in [1.165, 1.54) is 0 Å². The molecule has 2 aromatic carbocycles. The molecule has 132 valence electrons. The molecule has 7 nitrogen and oxygen atoms in total. The van der Waals surface area contributed by atoms with E-state index in [2.05, 4.69) is 10.5 Å². The first-order valence-corrected chi connectivity index (χ1v) is 8.02. The van der Waals surface area contributed by atoms with Crippen molar-refractivity contribution in [1.82, 2.24) is 5.43 Å². The highest BCUT2D eigenvalue weighted by atomic mass is 16.6. The Morgan fingerprint density at radius 1 is 1.23 bits per heavy atom. The Bertz CT molecular complexity index is 887. The average molecular weight is 351 g/mol. The van der Waals surface area contributed by atoms with Crippen LogP contribution >= 0.6 is 0 Å². The van der Waals surface area contributed by atoms with Crippen LogP contribution < -0.4 is 19.6 Å². The number of ether oxygens (including phenoxy) is 3. The van der Waals surface area contributed by atoms with Crippen LogP contribution in [0.4, 0.5) is 0 Å². The van der Waals surface area contributed by atoms with Crippen LogP contribution in [0.25, 0.3) is 0 Å². The Labute approximate surface area is 150 Å². The van der Waals surface area contributed by atoms with Crippen molar-refractivity contribution in [2.24, 2.45) is 5.10 Å². The molecule has 1 N–H and O–H groups in total. The Kier molecular flexibility index (Phi) is 5.34. The van der Waals surface area contributed by atoms with Crippen LogP contribution in [-0.2, 0) is 4.79 Å². The number of carbonyl (C=O) groups excluding carboxylic acids is 1.